The van der Waals surface area contributed by atoms with Crippen molar-refractivity contribution in [2.24, 2.45) is 0 Å². The van der Waals surface area contributed by atoms with Gasteiger partial charge in [0.1, 0.15) is 0 Å². The van der Waals surface area contributed by atoms with Crippen LogP contribution in [-0.4, -0.2) is 38.8 Å². The Bertz CT molecular complexity index is 448. The van der Waals surface area contributed by atoms with Gasteiger partial charge in [0, 0.05) is 25.8 Å². The third-order valence-electron chi connectivity index (χ3n) is 3.08. The average molecular weight is 249 g/mol. The molecule has 1 atom stereocenters. The highest BCUT2D eigenvalue weighted by Gasteiger charge is 2.21. The van der Waals surface area contributed by atoms with Gasteiger partial charge in [-0.25, -0.2) is 0 Å². The lowest BCUT2D eigenvalue weighted by atomic mass is 10.1. The van der Waals surface area contributed by atoms with Gasteiger partial charge in [-0.2, -0.15) is 0 Å². The van der Waals surface area contributed by atoms with Crippen LogP contribution in [0.25, 0.3) is 0 Å². The first kappa shape index (κ1) is 12.7. The molecule has 5 heteroatoms. The number of rotatable bonds is 2. The van der Waals surface area contributed by atoms with E-state index in [1.54, 1.807) is 19.2 Å². The summed E-state index contributed by atoms with van der Waals surface area (Å²) >= 11 is 0. The van der Waals surface area contributed by atoms with Gasteiger partial charge in [-0.1, -0.05) is 0 Å². The van der Waals surface area contributed by atoms with E-state index in [-0.39, 0.29) is 12.0 Å². The minimum atomic E-state index is -0.0934. The van der Waals surface area contributed by atoms with E-state index in [4.69, 9.17) is 10.5 Å². The Morgan fingerprint density at radius 1 is 1.56 bits per heavy atom. The SMILES string of the molecule is CNC(=O)c1ccc(N)cc1N1CCOC(C)C1. The van der Waals surface area contributed by atoms with Gasteiger partial charge in [-0.15, -0.1) is 0 Å². The zero-order valence-electron chi connectivity index (χ0n) is 10.8. The maximum Gasteiger partial charge on any atom is 0.253 e. The zero-order chi connectivity index (χ0) is 13.1. The summed E-state index contributed by atoms with van der Waals surface area (Å²) in [7, 11) is 1.63. The summed E-state index contributed by atoms with van der Waals surface area (Å²) in [5.74, 6) is -0.0934. The highest BCUT2D eigenvalue weighted by atomic mass is 16.5. The van der Waals surface area contributed by atoms with Crippen LogP contribution < -0.4 is 16.0 Å². The lowest BCUT2D eigenvalue weighted by Crippen LogP contribution is -2.42. The van der Waals surface area contributed by atoms with Crippen LogP contribution in [0.2, 0.25) is 0 Å². The van der Waals surface area contributed by atoms with Crippen LogP contribution in [0.5, 0.6) is 0 Å². The molecule has 1 saturated heterocycles. The monoisotopic (exact) mass is 249 g/mol. The summed E-state index contributed by atoms with van der Waals surface area (Å²) in [5, 5.41) is 2.65. The molecule has 2 rings (SSSR count). The molecule has 5 nitrogen and oxygen atoms in total. The number of nitrogens with zero attached hydrogens (tertiary/aromatic N) is 1. The van der Waals surface area contributed by atoms with Crippen molar-refractivity contribution in [2.45, 2.75) is 13.0 Å². The summed E-state index contributed by atoms with van der Waals surface area (Å²) < 4.78 is 5.51. The van der Waals surface area contributed by atoms with Crippen molar-refractivity contribution < 1.29 is 9.53 Å². The fourth-order valence-corrected chi connectivity index (χ4v) is 2.17. The standard InChI is InChI=1S/C13H19N3O2/c1-9-8-16(5-6-18-9)12-7-10(14)3-4-11(12)13(17)15-2/h3-4,7,9H,5-6,8,14H2,1-2H3,(H,15,17). The molecule has 98 valence electrons. The summed E-state index contributed by atoms with van der Waals surface area (Å²) in [6, 6.07) is 5.37. The number of benzene rings is 1. The molecule has 1 aromatic rings. The van der Waals surface area contributed by atoms with Gasteiger partial charge in [0.2, 0.25) is 0 Å². The Morgan fingerprint density at radius 2 is 2.33 bits per heavy atom. The smallest absolute Gasteiger partial charge is 0.253 e. The number of carbonyl (C=O) groups is 1. The molecular weight excluding hydrogens is 230 g/mol. The molecule has 1 aliphatic heterocycles. The van der Waals surface area contributed by atoms with E-state index in [1.165, 1.54) is 0 Å². The van der Waals surface area contributed by atoms with E-state index < -0.39 is 0 Å². The van der Waals surface area contributed by atoms with Crippen molar-refractivity contribution >= 4 is 17.3 Å². The first-order valence-corrected chi connectivity index (χ1v) is 6.10. The highest BCUT2D eigenvalue weighted by Crippen LogP contribution is 2.25. The van der Waals surface area contributed by atoms with Crippen molar-refractivity contribution in [1.82, 2.24) is 5.32 Å². The molecule has 0 bridgehead atoms. The second-order valence-corrected chi connectivity index (χ2v) is 4.48. The molecule has 1 aliphatic rings. The number of nitrogens with two attached hydrogens (primary N) is 1. The number of nitrogen functional groups attached to an aromatic ring is 1. The van der Waals surface area contributed by atoms with Crippen LogP contribution >= 0.6 is 0 Å². The maximum atomic E-state index is 11.9. The topological polar surface area (TPSA) is 67.6 Å². The minimum Gasteiger partial charge on any atom is -0.399 e. The van der Waals surface area contributed by atoms with Crippen LogP contribution in [0.1, 0.15) is 17.3 Å². The Labute approximate surface area is 107 Å². The van der Waals surface area contributed by atoms with Gasteiger partial charge in [0.15, 0.2) is 0 Å². The average Bonchev–Trinajstić information content (AvgIpc) is 2.38. The summed E-state index contributed by atoms with van der Waals surface area (Å²) in [6.07, 6.45) is 0.165. The molecule has 0 aromatic heterocycles. The lowest BCUT2D eigenvalue weighted by Gasteiger charge is -2.34. The third kappa shape index (κ3) is 2.56. The van der Waals surface area contributed by atoms with E-state index in [0.29, 0.717) is 17.9 Å². The molecule has 0 saturated carbocycles. The number of nitrogens with one attached hydrogen (secondary N) is 1. The first-order valence-electron chi connectivity index (χ1n) is 6.10. The van der Waals surface area contributed by atoms with E-state index in [0.717, 1.165) is 18.8 Å². The van der Waals surface area contributed by atoms with Crippen molar-refractivity contribution in [3.05, 3.63) is 23.8 Å². The molecular formula is C13H19N3O2. The van der Waals surface area contributed by atoms with Crippen molar-refractivity contribution in [3.63, 3.8) is 0 Å². The Kier molecular flexibility index (Phi) is 3.72. The Balaban J connectivity index is 2.35. The number of anilines is 2. The third-order valence-corrected chi connectivity index (χ3v) is 3.08. The molecule has 3 N–H and O–H groups in total. The van der Waals surface area contributed by atoms with Gasteiger partial charge in [0.05, 0.1) is 24.0 Å². The zero-order valence-corrected chi connectivity index (χ0v) is 10.8. The quantitative estimate of drug-likeness (QED) is 0.763. The fraction of sp³-hybridized carbons (Fsp3) is 0.462. The van der Waals surface area contributed by atoms with E-state index in [2.05, 4.69) is 10.2 Å². The van der Waals surface area contributed by atoms with Crippen molar-refractivity contribution in [3.8, 4) is 0 Å². The van der Waals surface area contributed by atoms with Gasteiger partial charge < -0.3 is 20.7 Å². The molecule has 1 amide bonds. The Morgan fingerprint density at radius 3 is 3.00 bits per heavy atom. The summed E-state index contributed by atoms with van der Waals surface area (Å²) in [4.78, 5) is 14.0. The molecule has 1 fully saturated rings. The highest BCUT2D eigenvalue weighted by molar-refractivity contribution is 6.00. The maximum absolute atomic E-state index is 11.9. The number of amides is 1. The van der Waals surface area contributed by atoms with Gasteiger partial charge in [-0.05, 0) is 25.1 Å². The largest absolute Gasteiger partial charge is 0.399 e. The second-order valence-electron chi connectivity index (χ2n) is 4.48. The molecule has 0 radical (unpaired) electrons. The number of hydrogen-bond acceptors (Lipinski definition) is 4. The summed E-state index contributed by atoms with van der Waals surface area (Å²) in [5.41, 5.74) is 8.02. The van der Waals surface area contributed by atoms with E-state index in [1.807, 2.05) is 13.0 Å². The van der Waals surface area contributed by atoms with E-state index in [9.17, 15) is 4.79 Å². The molecule has 18 heavy (non-hydrogen) atoms. The number of ether oxygens (including phenoxy) is 1. The van der Waals surface area contributed by atoms with Crippen molar-refractivity contribution in [1.29, 1.82) is 0 Å². The molecule has 1 unspecified atom stereocenters. The van der Waals surface area contributed by atoms with Crippen LogP contribution in [-0.2, 0) is 4.74 Å². The predicted molar refractivity (Wildman–Crippen MR) is 71.9 cm³/mol. The molecule has 1 aromatic carbocycles. The van der Waals surface area contributed by atoms with Crippen LogP contribution in [0, 0.1) is 0 Å². The molecule has 0 aliphatic carbocycles. The summed E-state index contributed by atoms with van der Waals surface area (Å²) in [6.45, 7) is 4.24. The van der Waals surface area contributed by atoms with Gasteiger partial charge >= 0.3 is 0 Å². The number of carbonyl (C=O) groups excluding carboxylic acids is 1. The first-order chi connectivity index (χ1) is 8.61. The second kappa shape index (κ2) is 5.27. The van der Waals surface area contributed by atoms with Crippen molar-refractivity contribution in [2.75, 3.05) is 37.4 Å². The number of morpholine rings is 1. The minimum absolute atomic E-state index is 0.0934. The van der Waals surface area contributed by atoms with E-state index >= 15 is 0 Å². The molecule has 1 heterocycles. The normalized spacial score (nSPS) is 19.7. The van der Waals surface area contributed by atoms with Crippen LogP contribution in [0.15, 0.2) is 18.2 Å². The lowest BCUT2D eigenvalue weighted by molar-refractivity contribution is 0.0531. The molecule has 0 spiro atoms. The fourth-order valence-electron chi connectivity index (χ4n) is 2.17. The van der Waals surface area contributed by atoms with Crippen LogP contribution in [0.3, 0.4) is 0 Å². The Hall–Kier alpha value is -1.75. The van der Waals surface area contributed by atoms with Gasteiger partial charge in [-0.3, -0.25) is 4.79 Å². The van der Waals surface area contributed by atoms with Crippen LogP contribution in [0.4, 0.5) is 11.4 Å². The predicted octanol–water partition coefficient (Wildman–Crippen LogP) is 0.853. The van der Waals surface area contributed by atoms with Gasteiger partial charge in [0.25, 0.3) is 5.91 Å². The number of hydrogen-bond donors (Lipinski definition) is 2.